The average molecular weight is 633 g/mol. The van der Waals surface area contributed by atoms with Crippen LogP contribution in [0, 0.1) is 0 Å². The van der Waals surface area contributed by atoms with Gasteiger partial charge < -0.3 is 10.2 Å². The van der Waals surface area contributed by atoms with Gasteiger partial charge in [0.2, 0.25) is 21.8 Å². The van der Waals surface area contributed by atoms with Crippen LogP contribution in [0.1, 0.15) is 48.7 Å². The van der Waals surface area contributed by atoms with E-state index in [0.29, 0.717) is 27.6 Å². The molecule has 0 aliphatic rings. The summed E-state index contributed by atoms with van der Waals surface area (Å²) in [4.78, 5) is 41.3. The predicted molar refractivity (Wildman–Crippen MR) is 167 cm³/mol. The number of nitrogens with zero attached hydrogens (tertiary/aromatic N) is 2. The molecule has 0 radical (unpaired) electrons. The summed E-state index contributed by atoms with van der Waals surface area (Å²) in [6.07, 6.45) is 1.81. The zero-order valence-corrected chi connectivity index (χ0v) is 26.3. The van der Waals surface area contributed by atoms with Crippen LogP contribution in [0.2, 0.25) is 10.0 Å². The number of halogens is 2. The molecule has 3 aromatic carbocycles. The topological polar surface area (TPSA) is 104 Å². The number of carbonyl (C=O) groups excluding carboxylic acids is 3. The molecular formula is C31H35Cl2N3O5S. The monoisotopic (exact) mass is 631 g/mol. The van der Waals surface area contributed by atoms with E-state index in [1.165, 1.54) is 24.0 Å². The molecule has 8 nitrogen and oxygen atoms in total. The smallest absolute Gasteiger partial charge is 0.244 e. The third kappa shape index (κ3) is 8.80. The fraction of sp³-hybridized carbons (Fsp3) is 0.323. The van der Waals surface area contributed by atoms with Gasteiger partial charge in [0, 0.05) is 40.2 Å². The van der Waals surface area contributed by atoms with Crippen molar-refractivity contribution in [3.05, 3.63) is 99.5 Å². The second kappa shape index (κ2) is 14.7. The minimum absolute atomic E-state index is 0.145. The summed E-state index contributed by atoms with van der Waals surface area (Å²) in [5.41, 5.74) is 1.67. The number of carbonyl (C=O) groups is 3. The van der Waals surface area contributed by atoms with E-state index in [-0.39, 0.29) is 30.5 Å². The number of hydrogen-bond donors (Lipinski definition) is 1. The van der Waals surface area contributed by atoms with Crippen molar-refractivity contribution >= 4 is 56.5 Å². The molecule has 11 heteroatoms. The van der Waals surface area contributed by atoms with Crippen molar-refractivity contribution in [1.82, 2.24) is 10.2 Å². The van der Waals surface area contributed by atoms with Crippen LogP contribution in [-0.4, -0.2) is 55.8 Å². The van der Waals surface area contributed by atoms with Crippen LogP contribution in [0.25, 0.3) is 0 Å². The summed E-state index contributed by atoms with van der Waals surface area (Å²) in [6.45, 7) is 4.40. The minimum Gasteiger partial charge on any atom is -0.352 e. The van der Waals surface area contributed by atoms with Crippen LogP contribution in [0.5, 0.6) is 0 Å². The molecule has 0 bridgehead atoms. The standard InChI is InChI=1S/C31H35Cl2N3O5S/c1-5-21(2)34-31(39)29(17-23-11-7-6-8-12-23)35(19-26-27(32)15-10-16-28(26)33)30(38)20-36(42(4,40)41)25-14-9-13-24(18-25)22(3)37/h6-16,18,21,29H,5,17,19-20H2,1-4H3,(H,34,39)/t21-,29+/m0/s1. The van der Waals surface area contributed by atoms with Gasteiger partial charge >= 0.3 is 0 Å². The maximum absolute atomic E-state index is 14.2. The summed E-state index contributed by atoms with van der Waals surface area (Å²) in [6, 6.07) is 19.0. The SMILES string of the molecule is CC[C@H](C)NC(=O)[C@@H](Cc1ccccc1)N(Cc1c(Cl)cccc1Cl)C(=O)CN(c1cccc(C(C)=O)c1)S(C)(=O)=O. The predicted octanol–water partition coefficient (Wildman–Crippen LogP) is 5.52. The molecular weight excluding hydrogens is 597 g/mol. The third-order valence-electron chi connectivity index (χ3n) is 6.88. The van der Waals surface area contributed by atoms with Gasteiger partial charge in [-0.15, -0.1) is 0 Å². The average Bonchev–Trinajstić information content (AvgIpc) is 2.94. The normalized spacial score (nSPS) is 12.7. The van der Waals surface area contributed by atoms with E-state index >= 15 is 0 Å². The number of rotatable bonds is 13. The molecule has 0 aliphatic carbocycles. The fourth-order valence-corrected chi connectivity index (χ4v) is 5.70. The first-order chi connectivity index (χ1) is 19.8. The highest BCUT2D eigenvalue weighted by Crippen LogP contribution is 2.28. The molecule has 42 heavy (non-hydrogen) atoms. The second-order valence-electron chi connectivity index (χ2n) is 10.1. The Morgan fingerprint density at radius 1 is 0.929 bits per heavy atom. The number of anilines is 1. The Morgan fingerprint density at radius 2 is 1.55 bits per heavy atom. The first kappa shape index (κ1) is 33.1. The van der Waals surface area contributed by atoms with Crippen LogP contribution in [0.3, 0.4) is 0 Å². The van der Waals surface area contributed by atoms with Gasteiger partial charge in [-0.05, 0) is 50.1 Å². The molecule has 3 aromatic rings. The molecule has 3 rings (SSSR count). The number of Topliss-reactive ketones (excluding diaryl/α,β-unsaturated/α-hetero) is 1. The van der Waals surface area contributed by atoms with E-state index in [1.807, 2.05) is 44.2 Å². The van der Waals surface area contributed by atoms with Gasteiger partial charge in [-0.2, -0.15) is 0 Å². The van der Waals surface area contributed by atoms with Gasteiger partial charge in [-0.1, -0.05) is 78.7 Å². The molecule has 0 saturated carbocycles. The molecule has 0 aliphatic heterocycles. The lowest BCUT2D eigenvalue weighted by atomic mass is 10.0. The molecule has 1 N–H and O–H groups in total. The maximum atomic E-state index is 14.2. The van der Waals surface area contributed by atoms with Gasteiger partial charge in [-0.25, -0.2) is 8.42 Å². The van der Waals surface area contributed by atoms with Crippen molar-refractivity contribution in [3.8, 4) is 0 Å². The van der Waals surface area contributed by atoms with Gasteiger partial charge in [0.05, 0.1) is 11.9 Å². The number of ketones is 1. The highest BCUT2D eigenvalue weighted by Gasteiger charge is 2.34. The number of amides is 2. The summed E-state index contributed by atoms with van der Waals surface area (Å²) in [5, 5.41) is 3.57. The lowest BCUT2D eigenvalue weighted by Gasteiger charge is -2.34. The number of hydrogen-bond acceptors (Lipinski definition) is 5. The molecule has 2 atom stereocenters. The summed E-state index contributed by atoms with van der Waals surface area (Å²) in [7, 11) is -3.98. The summed E-state index contributed by atoms with van der Waals surface area (Å²) >= 11 is 13.0. The maximum Gasteiger partial charge on any atom is 0.244 e. The molecule has 2 amide bonds. The first-order valence-electron chi connectivity index (χ1n) is 13.5. The van der Waals surface area contributed by atoms with Crippen LogP contribution in [0.4, 0.5) is 5.69 Å². The van der Waals surface area contributed by atoms with E-state index in [4.69, 9.17) is 23.2 Å². The van der Waals surface area contributed by atoms with Gasteiger partial charge in [0.1, 0.15) is 12.6 Å². The third-order valence-corrected chi connectivity index (χ3v) is 8.73. The number of benzene rings is 3. The van der Waals surface area contributed by atoms with E-state index in [9.17, 15) is 22.8 Å². The molecule has 0 heterocycles. The van der Waals surface area contributed by atoms with E-state index in [1.54, 1.807) is 30.3 Å². The van der Waals surface area contributed by atoms with Crippen LogP contribution < -0.4 is 9.62 Å². The Bertz CT molecular complexity index is 1510. The van der Waals surface area contributed by atoms with E-state index in [0.717, 1.165) is 16.1 Å². The molecule has 0 spiro atoms. The highest BCUT2D eigenvalue weighted by molar-refractivity contribution is 7.92. The van der Waals surface area contributed by atoms with Crippen molar-refractivity contribution in [3.63, 3.8) is 0 Å². The van der Waals surface area contributed by atoms with Crippen molar-refractivity contribution in [2.75, 3.05) is 17.1 Å². The molecule has 0 aromatic heterocycles. The number of nitrogens with one attached hydrogen (secondary N) is 1. The Morgan fingerprint density at radius 3 is 2.12 bits per heavy atom. The Labute approximate surface area is 257 Å². The van der Waals surface area contributed by atoms with Crippen molar-refractivity contribution < 1.29 is 22.8 Å². The molecule has 0 fully saturated rings. The van der Waals surface area contributed by atoms with Crippen molar-refractivity contribution in [2.24, 2.45) is 0 Å². The van der Waals surface area contributed by atoms with Crippen molar-refractivity contribution in [2.45, 2.75) is 52.2 Å². The van der Waals surface area contributed by atoms with Crippen LogP contribution in [-0.2, 0) is 32.6 Å². The van der Waals surface area contributed by atoms with Gasteiger partial charge in [0.25, 0.3) is 0 Å². The van der Waals surface area contributed by atoms with E-state index in [2.05, 4.69) is 5.32 Å². The second-order valence-corrected chi connectivity index (χ2v) is 12.8. The van der Waals surface area contributed by atoms with Gasteiger partial charge in [-0.3, -0.25) is 18.7 Å². The van der Waals surface area contributed by atoms with Crippen molar-refractivity contribution in [1.29, 1.82) is 0 Å². The van der Waals surface area contributed by atoms with Crippen LogP contribution in [0.15, 0.2) is 72.8 Å². The number of sulfonamides is 1. The minimum atomic E-state index is -3.98. The largest absolute Gasteiger partial charge is 0.352 e. The lowest BCUT2D eigenvalue weighted by Crippen LogP contribution is -2.54. The molecule has 0 unspecified atom stereocenters. The zero-order chi connectivity index (χ0) is 31.0. The fourth-order valence-electron chi connectivity index (χ4n) is 4.34. The quantitative estimate of drug-likeness (QED) is 0.250. The molecule has 0 saturated heterocycles. The van der Waals surface area contributed by atoms with E-state index < -0.39 is 34.4 Å². The summed E-state index contributed by atoms with van der Waals surface area (Å²) in [5.74, 6) is -1.30. The lowest BCUT2D eigenvalue weighted by molar-refractivity contribution is -0.140. The highest BCUT2D eigenvalue weighted by atomic mass is 35.5. The van der Waals surface area contributed by atoms with Gasteiger partial charge in [0.15, 0.2) is 5.78 Å². The first-order valence-corrected chi connectivity index (χ1v) is 16.1. The Kier molecular flexibility index (Phi) is 11.6. The zero-order valence-electron chi connectivity index (χ0n) is 24.0. The van der Waals surface area contributed by atoms with Crippen LogP contribution >= 0.6 is 23.2 Å². The summed E-state index contributed by atoms with van der Waals surface area (Å²) < 4.78 is 26.9. The Balaban J connectivity index is 2.12. The Hall–Kier alpha value is -3.40. The molecule has 224 valence electrons.